The molecule has 7 nitrogen and oxygen atoms in total. The molecule has 0 atom stereocenters. The predicted molar refractivity (Wildman–Crippen MR) is 116 cm³/mol. The maximum absolute atomic E-state index is 12.0. The maximum atomic E-state index is 12.0. The van der Waals surface area contributed by atoms with Crippen LogP contribution >= 0.6 is 24.0 Å². The Morgan fingerprint density at radius 3 is 2.73 bits per heavy atom. The van der Waals surface area contributed by atoms with Crippen LogP contribution < -0.4 is 15.4 Å². The zero-order chi connectivity index (χ0) is 18.0. The van der Waals surface area contributed by atoms with Gasteiger partial charge in [-0.1, -0.05) is 12.5 Å². The Balaban J connectivity index is 0.00000338. The van der Waals surface area contributed by atoms with E-state index in [0.29, 0.717) is 25.0 Å². The second-order valence-electron chi connectivity index (χ2n) is 6.22. The molecule has 0 aromatic carbocycles. The third kappa shape index (κ3) is 9.13. The number of guanidine groups is 1. The molecule has 148 valence electrons. The minimum atomic E-state index is -3.25. The van der Waals surface area contributed by atoms with Crippen LogP contribution in [0.1, 0.15) is 31.9 Å². The van der Waals surface area contributed by atoms with Crippen molar-refractivity contribution in [3.8, 4) is 0 Å². The Labute approximate surface area is 173 Å². The third-order valence-corrected chi connectivity index (χ3v) is 5.52. The molecule has 26 heavy (non-hydrogen) atoms. The Morgan fingerprint density at radius 2 is 2.12 bits per heavy atom. The second-order valence-corrected chi connectivity index (χ2v) is 8.15. The molecule has 2 rings (SSSR count). The molecule has 1 heterocycles. The summed E-state index contributed by atoms with van der Waals surface area (Å²) in [7, 11) is -3.25. The number of rotatable bonds is 10. The number of nitrogens with zero attached hydrogens (tertiary/aromatic N) is 2. The van der Waals surface area contributed by atoms with Gasteiger partial charge in [0.25, 0.3) is 0 Å². The summed E-state index contributed by atoms with van der Waals surface area (Å²) >= 11 is 0. The molecule has 0 bridgehead atoms. The van der Waals surface area contributed by atoms with Gasteiger partial charge in [0.1, 0.15) is 0 Å². The van der Waals surface area contributed by atoms with E-state index in [-0.39, 0.29) is 36.3 Å². The molecule has 1 saturated carbocycles. The molecule has 9 heteroatoms. The van der Waals surface area contributed by atoms with Gasteiger partial charge in [-0.05, 0) is 37.8 Å². The van der Waals surface area contributed by atoms with Gasteiger partial charge < -0.3 is 10.6 Å². The first-order chi connectivity index (χ1) is 12.1. The van der Waals surface area contributed by atoms with Crippen molar-refractivity contribution < 1.29 is 8.42 Å². The van der Waals surface area contributed by atoms with Gasteiger partial charge in [-0.15, -0.1) is 24.0 Å². The smallest absolute Gasteiger partial charge is 0.213 e. The standard InChI is InChI=1S/C17H29N5O2S.HI/c1-2-18-17(20-11-9-16-8-3-4-10-19-16)21-12-13-25(23,24)22-14-15-6-5-7-15;/h3-4,8,10,15,22H,2,5-7,9,11-14H2,1H3,(H2,18,20,21);1H. The molecule has 1 aliphatic rings. The lowest BCUT2D eigenvalue weighted by molar-refractivity contribution is 0.316. The van der Waals surface area contributed by atoms with Crippen molar-refractivity contribution in [1.82, 2.24) is 20.3 Å². The summed E-state index contributed by atoms with van der Waals surface area (Å²) in [6.07, 6.45) is 6.03. The van der Waals surface area contributed by atoms with Crippen molar-refractivity contribution in [2.24, 2.45) is 10.9 Å². The average Bonchev–Trinajstić information content (AvgIpc) is 2.54. The lowest BCUT2D eigenvalue weighted by Gasteiger charge is -2.25. The van der Waals surface area contributed by atoms with Gasteiger partial charge in [-0.3, -0.25) is 9.98 Å². The van der Waals surface area contributed by atoms with Gasteiger partial charge in [0.2, 0.25) is 10.0 Å². The number of nitrogens with one attached hydrogen (secondary N) is 3. The summed E-state index contributed by atoms with van der Waals surface area (Å²) in [5.74, 6) is 1.16. The number of halogens is 1. The quantitative estimate of drug-likeness (QED) is 0.260. The van der Waals surface area contributed by atoms with Gasteiger partial charge >= 0.3 is 0 Å². The monoisotopic (exact) mass is 495 g/mol. The van der Waals surface area contributed by atoms with Crippen LogP contribution in [0, 0.1) is 5.92 Å². The average molecular weight is 495 g/mol. The molecule has 1 aliphatic carbocycles. The molecule has 1 aromatic rings. The summed E-state index contributed by atoms with van der Waals surface area (Å²) in [5, 5.41) is 6.33. The highest BCUT2D eigenvalue weighted by Crippen LogP contribution is 2.25. The Hall–Kier alpha value is -0.940. The minimum Gasteiger partial charge on any atom is -0.357 e. The Kier molecular flexibility index (Phi) is 11.1. The van der Waals surface area contributed by atoms with Gasteiger partial charge in [-0.2, -0.15) is 0 Å². The van der Waals surface area contributed by atoms with E-state index in [0.717, 1.165) is 31.5 Å². The largest absolute Gasteiger partial charge is 0.357 e. The van der Waals surface area contributed by atoms with Crippen molar-refractivity contribution >= 4 is 40.0 Å². The van der Waals surface area contributed by atoms with Crippen LogP contribution in [0.2, 0.25) is 0 Å². The van der Waals surface area contributed by atoms with Crippen LogP contribution in [-0.4, -0.2) is 51.3 Å². The van der Waals surface area contributed by atoms with Crippen LogP contribution in [0.4, 0.5) is 0 Å². The fourth-order valence-corrected chi connectivity index (χ4v) is 3.45. The Bertz CT molecular complexity index is 636. The van der Waals surface area contributed by atoms with E-state index < -0.39 is 10.0 Å². The van der Waals surface area contributed by atoms with E-state index >= 15 is 0 Å². The molecule has 0 aliphatic heterocycles. The summed E-state index contributed by atoms with van der Waals surface area (Å²) < 4.78 is 26.7. The number of hydrogen-bond donors (Lipinski definition) is 3. The number of aliphatic imine (C=N–C) groups is 1. The van der Waals surface area contributed by atoms with Crippen LogP contribution in [-0.2, 0) is 16.4 Å². The van der Waals surface area contributed by atoms with Crippen LogP contribution in [0.15, 0.2) is 29.4 Å². The minimum absolute atomic E-state index is 0. The van der Waals surface area contributed by atoms with Gasteiger partial charge in [0, 0.05) is 37.9 Å². The van der Waals surface area contributed by atoms with Crippen molar-refractivity contribution in [2.75, 3.05) is 31.9 Å². The lowest BCUT2D eigenvalue weighted by Crippen LogP contribution is -2.39. The van der Waals surface area contributed by atoms with Crippen molar-refractivity contribution in [3.63, 3.8) is 0 Å². The maximum Gasteiger partial charge on any atom is 0.213 e. The van der Waals surface area contributed by atoms with Crippen LogP contribution in [0.5, 0.6) is 0 Å². The number of pyridine rings is 1. The molecule has 0 spiro atoms. The molecular formula is C17H30IN5O2S. The first-order valence-corrected chi connectivity index (χ1v) is 10.6. The summed E-state index contributed by atoms with van der Waals surface area (Å²) in [4.78, 5) is 8.62. The fourth-order valence-electron chi connectivity index (χ4n) is 2.49. The zero-order valence-electron chi connectivity index (χ0n) is 15.3. The van der Waals surface area contributed by atoms with Gasteiger partial charge in [0.05, 0.1) is 12.3 Å². The van der Waals surface area contributed by atoms with E-state index in [1.54, 1.807) is 6.20 Å². The molecule has 0 radical (unpaired) electrons. The van der Waals surface area contributed by atoms with Crippen molar-refractivity contribution in [3.05, 3.63) is 30.1 Å². The molecule has 1 aromatic heterocycles. The van der Waals surface area contributed by atoms with Crippen molar-refractivity contribution in [1.29, 1.82) is 0 Å². The lowest BCUT2D eigenvalue weighted by atomic mass is 9.86. The molecule has 0 unspecified atom stereocenters. The highest BCUT2D eigenvalue weighted by molar-refractivity contribution is 14.0. The highest BCUT2D eigenvalue weighted by Gasteiger charge is 2.19. The molecule has 3 N–H and O–H groups in total. The SMILES string of the molecule is CCNC(=NCCS(=O)(=O)NCC1CCC1)NCCc1ccccn1.I. The fraction of sp³-hybridized carbons (Fsp3) is 0.647. The molecule has 0 saturated heterocycles. The van der Waals surface area contributed by atoms with E-state index in [1.807, 2.05) is 25.1 Å². The second kappa shape index (κ2) is 12.4. The number of aromatic nitrogens is 1. The van der Waals surface area contributed by atoms with Crippen molar-refractivity contribution in [2.45, 2.75) is 32.6 Å². The van der Waals surface area contributed by atoms with Crippen LogP contribution in [0.25, 0.3) is 0 Å². The van der Waals surface area contributed by atoms with E-state index in [2.05, 4.69) is 25.3 Å². The first kappa shape index (κ1) is 23.1. The predicted octanol–water partition coefficient (Wildman–Crippen LogP) is 1.52. The topological polar surface area (TPSA) is 95.5 Å². The van der Waals surface area contributed by atoms with E-state index in [4.69, 9.17) is 0 Å². The summed E-state index contributed by atoms with van der Waals surface area (Å²) in [5.41, 5.74) is 1.01. The van der Waals surface area contributed by atoms with Gasteiger partial charge in [-0.25, -0.2) is 13.1 Å². The van der Waals surface area contributed by atoms with E-state index in [1.165, 1.54) is 6.42 Å². The van der Waals surface area contributed by atoms with Crippen LogP contribution in [0.3, 0.4) is 0 Å². The van der Waals surface area contributed by atoms with Gasteiger partial charge in [0.15, 0.2) is 5.96 Å². The highest BCUT2D eigenvalue weighted by atomic mass is 127. The molecular weight excluding hydrogens is 465 g/mol. The summed E-state index contributed by atoms with van der Waals surface area (Å²) in [6, 6.07) is 5.83. The zero-order valence-corrected chi connectivity index (χ0v) is 18.4. The summed E-state index contributed by atoms with van der Waals surface area (Å²) in [6.45, 7) is 4.19. The molecule has 0 amide bonds. The first-order valence-electron chi connectivity index (χ1n) is 8.98. The Morgan fingerprint density at radius 1 is 1.31 bits per heavy atom. The normalized spacial score (nSPS) is 15.0. The number of sulfonamides is 1. The molecule has 1 fully saturated rings. The van der Waals surface area contributed by atoms with E-state index in [9.17, 15) is 8.42 Å². The third-order valence-electron chi connectivity index (χ3n) is 4.19. The number of hydrogen-bond acceptors (Lipinski definition) is 4.